The van der Waals surface area contributed by atoms with Gasteiger partial charge in [-0.05, 0) is 43.5 Å². The van der Waals surface area contributed by atoms with Gasteiger partial charge in [0.05, 0.1) is 44.4 Å². The zero-order valence-corrected chi connectivity index (χ0v) is 19.1. The Morgan fingerprint density at radius 1 is 1.13 bits per heavy atom. The van der Waals surface area contributed by atoms with E-state index in [2.05, 4.69) is 51.4 Å². The second-order valence-electron chi connectivity index (χ2n) is 7.83. The Hall–Kier alpha value is -1.65. The molecule has 1 aromatic carbocycles. The number of piperidine rings is 1. The Morgan fingerprint density at radius 3 is 2.50 bits per heavy atom. The number of aromatic nitrogens is 1. The molecule has 1 saturated heterocycles. The van der Waals surface area contributed by atoms with Crippen molar-refractivity contribution < 1.29 is 21.6 Å². The van der Waals surface area contributed by atoms with Crippen LogP contribution in [0.2, 0.25) is 0 Å². The number of quaternary nitrogens is 1. The molecule has 2 aliphatic heterocycles. The number of para-hydroxylation sites is 1. The zero-order chi connectivity index (χ0) is 21.6. The molecule has 0 saturated carbocycles. The predicted molar refractivity (Wildman–Crippen MR) is 118 cm³/mol. The molecule has 2 aromatic rings. The van der Waals surface area contributed by atoms with Crippen LogP contribution < -0.4 is 4.90 Å². The molecule has 7 nitrogen and oxygen atoms in total. The van der Waals surface area contributed by atoms with Crippen molar-refractivity contribution in [2.75, 3.05) is 45.2 Å². The number of likely N-dealkylation sites (tertiary alicyclic amines) is 1. The Bertz CT molecular complexity index is 901. The molecule has 2 aliphatic rings. The van der Waals surface area contributed by atoms with Gasteiger partial charge in [0, 0.05) is 24.1 Å². The van der Waals surface area contributed by atoms with Crippen molar-refractivity contribution in [2.24, 2.45) is 0 Å². The topological polar surface area (TPSA) is 82.6 Å². The van der Waals surface area contributed by atoms with Crippen LogP contribution in [0.3, 0.4) is 0 Å². The van der Waals surface area contributed by atoms with Crippen molar-refractivity contribution in [2.45, 2.75) is 35.5 Å². The highest BCUT2D eigenvalue weighted by molar-refractivity contribution is 7.99. The fourth-order valence-corrected chi connectivity index (χ4v) is 5.07. The number of nitrogens with zero attached hydrogens (tertiary/aromatic N) is 3. The van der Waals surface area contributed by atoms with Crippen LogP contribution in [0.1, 0.15) is 25.7 Å². The number of fused-ring (bicyclic) bond motifs is 2. The van der Waals surface area contributed by atoms with E-state index in [0.29, 0.717) is 0 Å². The maximum absolute atomic E-state index is 9.22. The second kappa shape index (κ2) is 10.1. The van der Waals surface area contributed by atoms with Crippen molar-refractivity contribution >= 4 is 33.7 Å². The van der Waals surface area contributed by atoms with E-state index in [-0.39, 0.29) is 0 Å². The molecular formula is C21H29N3O4S2. The summed E-state index contributed by atoms with van der Waals surface area (Å²) in [4.78, 5) is 9.73. The van der Waals surface area contributed by atoms with Gasteiger partial charge in [-0.1, -0.05) is 23.9 Å². The van der Waals surface area contributed by atoms with Crippen LogP contribution >= 0.6 is 11.8 Å². The molecule has 3 heterocycles. The van der Waals surface area contributed by atoms with E-state index in [1.54, 1.807) is 0 Å². The first-order valence-electron chi connectivity index (χ1n) is 10.2. The van der Waals surface area contributed by atoms with Gasteiger partial charge in [-0.25, -0.2) is 13.4 Å². The maximum Gasteiger partial charge on any atom is 0.217 e. The molecule has 1 aromatic heterocycles. The molecule has 0 N–H and O–H groups in total. The number of hydrogen-bond donors (Lipinski definition) is 0. The number of hydrogen-bond acceptors (Lipinski definition) is 7. The fourth-order valence-electron chi connectivity index (χ4n) is 4.00. The van der Waals surface area contributed by atoms with Crippen LogP contribution in [0, 0.1) is 0 Å². The van der Waals surface area contributed by atoms with Crippen LogP contribution in [0.5, 0.6) is 0 Å². The SMILES string of the molecule is COS(=O)(=O)[O-].C[N+]1(CCCN2c3ccccc3Sc3cccnc32)CCCCC1. The van der Waals surface area contributed by atoms with Crippen molar-refractivity contribution in [1.82, 2.24) is 4.98 Å². The summed E-state index contributed by atoms with van der Waals surface area (Å²) < 4.78 is 32.3. The first kappa shape index (κ1) is 23.0. The van der Waals surface area contributed by atoms with E-state index in [1.165, 1.54) is 65.3 Å². The van der Waals surface area contributed by atoms with Crippen molar-refractivity contribution in [3.05, 3.63) is 42.6 Å². The van der Waals surface area contributed by atoms with Gasteiger partial charge in [0.1, 0.15) is 5.82 Å². The van der Waals surface area contributed by atoms with Gasteiger partial charge in [-0.3, -0.25) is 4.18 Å². The lowest BCUT2D eigenvalue weighted by molar-refractivity contribution is -0.914. The summed E-state index contributed by atoms with van der Waals surface area (Å²) >= 11 is 1.84. The van der Waals surface area contributed by atoms with E-state index in [1.807, 2.05) is 24.0 Å². The molecule has 164 valence electrons. The van der Waals surface area contributed by atoms with Crippen molar-refractivity contribution in [3.8, 4) is 0 Å². The van der Waals surface area contributed by atoms with Crippen LogP contribution in [0.25, 0.3) is 0 Å². The van der Waals surface area contributed by atoms with E-state index >= 15 is 0 Å². The highest BCUT2D eigenvalue weighted by Gasteiger charge is 2.27. The van der Waals surface area contributed by atoms with Crippen LogP contribution in [-0.4, -0.2) is 62.8 Å². The molecule has 0 radical (unpaired) electrons. The summed E-state index contributed by atoms with van der Waals surface area (Å²) in [6.07, 6.45) is 7.33. The van der Waals surface area contributed by atoms with Crippen LogP contribution in [0.4, 0.5) is 11.5 Å². The Balaban J connectivity index is 0.000000377. The minimum Gasteiger partial charge on any atom is -0.726 e. The van der Waals surface area contributed by atoms with Gasteiger partial charge in [0.2, 0.25) is 10.4 Å². The summed E-state index contributed by atoms with van der Waals surface area (Å²) in [6, 6.07) is 13.0. The van der Waals surface area contributed by atoms with Gasteiger partial charge >= 0.3 is 0 Å². The lowest BCUT2D eigenvalue weighted by Gasteiger charge is -2.39. The maximum atomic E-state index is 9.22. The van der Waals surface area contributed by atoms with E-state index in [4.69, 9.17) is 0 Å². The molecule has 0 amide bonds. The van der Waals surface area contributed by atoms with E-state index in [0.717, 1.165) is 19.5 Å². The Morgan fingerprint density at radius 2 is 1.80 bits per heavy atom. The lowest BCUT2D eigenvalue weighted by atomic mass is 10.1. The zero-order valence-electron chi connectivity index (χ0n) is 17.5. The van der Waals surface area contributed by atoms with E-state index < -0.39 is 10.4 Å². The first-order chi connectivity index (χ1) is 14.3. The number of anilines is 2. The number of benzene rings is 1. The molecule has 0 atom stereocenters. The predicted octanol–water partition coefficient (Wildman–Crippen LogP) is 3.80. The van der Waals surface area contributed by atoms with Gasteiger partial charge in [-0.15, -0.1) is 0 Å². The second-order valence-corrected chi connectivity index (χ2v) is 10.1. The van der Waals surface area contributed by atoms with Crippen LogP contribution in [0.15, 0.2) is 52.4 Å². The third-order valence-electron chi connectivity index (χ3n) is 5.56. The highest BCUT2D eigenvalue weighted by Crippen LogP contribution is 2.46. The standard InChI is InChI=1S/C20H26N3S.CH4O4S/c1-23(14-5-2-6-15-23)16-8-13-22-17-9-3-4-10-18(17)24-19-11-7-12-21-20(19)22;1-5-6(2,3)4/h3-4,7,9-12H,2,5-6,8,13-16H2,1H3;1H3,(H,2,3,4)/q+1;/p-1. The molecule has 0 spiro atoms. The fraction of sp³-hybridized carbons (Fsp3) is 0.476. The smallest absolute Gasteiger partial charge is 0.217 e. The number of rotatable bonds is 5. The Labute approximate surface area is 183 Å². The molecule has 4 rings (SSSR count). The van der Waals surface area contributed by atoms with E-state index in [9.17, 15) is 13.0 Å². The first-order valence-corrected chi connectivity index (χ1v) is 12.3. The highest BCUT2D eigenvalue weighted by atomic mass is 32.3. The lowest BCUT2D eigenvalue weighted by Crippen LogP contribution is -2.49. The monoisotopic (exact) mass is 451 g/mol. The quantitative estimate of drug-likeness (QED) is 0.388. The van der Waals surface area contributed by atoms with Gasteiger partial charge < -0.3 is 13.9 Å². The average molecular weight is 452 g/mol. The molecule has 0 bridgehead atoms. The molecule has 0 unspecified atom stereocenters. The van der Waals surface area contributed by atoms with Crippen LogP contribution in [-0.2, 0) is 14.6 Å². The number of pyridine rings is 1. The Kier molecular flexibility index (Phi) is 7.75. The summed E-state index contributed by atoms with van der Waals surface area (Å²) in [5, 5.41) is 0. The molecule has 9 heteroatoms. The average Bonchev–Trinajstić information content (AvgIpc) is 2.73. The summed E-state index contributed by atoms with van der Waals surface area (Å²) in [5.41, 5.74) is 1.31. The summed E-state index contributed by atoms with van der Waals surface area (Å²) in [6.45, 7) is 5.02. The third-order valence-corrected chi connectivity index (χ3v) is 7.07. The minimum atomic E-state index is -4.41. The normalized spacial score (nSPS) is 17.4. The molecule has 30 heavy (non-hydrogen) atoms. The van der Waals surface area contributed by atoms with Gasteiger partial charge in [0.25, 0.3) is 0 Å². The minimum absolute atomic E-state index is 0.808. The largest absolute Gasteiger partial charge is 0.726 e. The molecule has 1 fully saturated rings. The van der Waals surface area contributed by atoms with Gasteiger partial charge in [-0.2, -0.15) is 0 Å². The van der Waals surface area contributed by atoms with Gasteiger partial charge in [0.15, 0.2) is 0 Å². The summed E-state index contributed by atoms with van der Waals surface area (Å²) in [5.74, 6) is 1.13. The summed E-state index contributed by atoms with van der Waals surface area (Å²) in [7, 11) is -1.17. The molecular weight excluding hydrogens is 422 g/mol. The molecule has 0 aliphatic carbocycles. The van der Waals surface area contributed by atoms with Crippen molar-refractivity contribution in [3.63, 3.8) is 0 Å². The van der Waals surface area contributed by atoms with Crippen molar-refractivity contribution in [1.29, 1.82) is 0 Å². The third kappa shape index (κ3) is 6.18.